The molecule has 3 aromatic heterocycles. The minimum absolute atomic E-state index is 0.190. The number of fused-ring (bicyclic) bond motifs is 2. The lowest BCUT2D eigenvalue weighted by Gasteiger charge is -2.15. The van der Waals surface area contributed by atoms with Gasteiger partial charge in [-0.2, -0.15) is 5.10 Å². The first kappa shape index (κ1) is 20.4. The number of hydrogen-bond donors (Lipinski definition) is 4. The zero-order valence-corrected chi connectivity index (χ0v) is 18.6. The second-order valence-corrected chi connectivity index (χ2v) is 8.85. The maximum absolute atomic E-state index is 13.3. The molecule has 8 nitrogen and oxygen atoms in total. The molecule has 170 valence electrons. The van der Waals surface area contributed by atoms with E-state index in [1.807, 2.05) is 36.5 Å². The van der Waals surface area contributed by atoms with E-state index < -0.39 is 0 Å². The summed E-state index contributed by atoms with van der Waals surface area (Å²) < 4.78 is 0. The molecule has 1 aliphatic heterocycles. The number of aromatic amines is 2. The molecule has 6 rings (SSSR count). The van der Waals surface area contributed by atoms with Crippen LogP contribution in [-0.4, -0.2) is 44.1 Å². The van der Waals surface area contributed by atoms with Crippen LogP contribution in [0.25, 0.3) is 32.9 Å². The summed E-state index contributed by atoms with van der Waals surface area (Å²) in [4.78, 5) is 23.2. The van der Waals surface area contributed by atoms with Crippen LogP contribution in [0.5, 0.6) is 0 Å². The molecule has 8 heteroatoms. The van der Waals surface area contributed by atoms with Gasteiger partial charge in [-0.25, -0.2) is 4.98 Å². The van der Waals surface area contributed by atoms with Crippen LogP contribution in [0.3, 0.4) is 0 Å². The van der Waals surface area contributed by atoms with Gasteiger partial charge in [-0.05, 0) is 67.4 Å². The van der Waals surface area contributed by atoms with Crippen molar-refractivity contribution in [1.82, 2.24) is 25.1 Å². The Balaban J connectivity index is 1.30. The highest BCUT2D eigenvalue weighted by atomic mass is 16.1. The standard InChI is InChI=1S/C26H25N7O/c27-24-11-20-22(13-28-23(20)14-29-24)17-9-18-12-30-32-25(18)21(10-17)26(34)31-19-5-3-16(4-6-19)15-33-7-1-2-8-33/h3-6,9-14,28H,1-2,7-8,15H2,(H2,27,29)(H,30,32)(H,31,34). The number of likely N-dealkylation sites (tertiary alicyclic amines) is 1. The van der Waals surface area contributed by atoms with Gasteiger partial charge in [-0.15, -0.1) is 0 Å². The number of rotatable bonds is 5. The first-order valence-corrected chi connectivity index (χ1v) is 11.5. The highest BCUT2D eigenvalue weighted by Gasteiger charge is 2.17. The van der Waals surface area contributed by atoms with E-state index in [0.717, 1.165) is 52.7 Å². The summed E-state index contributed by atoms with van der Waals surface area (Å²) in [6, 6.07) is 13.8. The molecular formula is C26H25N7O. The van der Waals surface area contributed by atoms with Crippen molar-refractivity contribution < 1.29 is 4.79 Å². The van der Waals surface area contributed by atoms with Crippen LogP contribution in [0.4, 0.5) is 11.5 Å². The molecule has 5 aromatic rings. The first-order chi connectivity index (χ1) is 16.6. The van der Waals surface area contributed by atoms with E-state index in [2.05, 4.69) is 42.5 Å². The van der Waals surface area contributed by atoms with Gasteiger partial charge < -0.3 is 16.0 Å². The number of H-pyrrole nitrogens is 2. The Labute approximate surface area is 196 Å². The molecule has 0 radical (unpaired) electrons. The summed E-state index contributed by atoms with van der Waals surface area (Å²) in [6.45, 7) is 3.28. The van der Waals surface area contributed by atoms with Gasteiger partial charge in [-0.3, -0.25) is 14.8 Å². The lowest BCUT2D eigenvalue weighted by Crippen LogP contribution is -2.18. The number of aromatic nitrogens is 4. The largest absolute Gasteiger partial charge is 0.384 e. The molecule has 0 atom stereocenters. The first-order valence-electron chi connectivity index (χ1n) is 11.5. The number of amides is 1. The van der Waals surface area contributed by atoms with Crippen LogP contribution in [0.1, 0.15) is 28.8 Å². The van der Waals surface area contributed by atoms with Crippen molar-refractivity contribution in [2.75, 3.05) is 24.1 Å². The number of nitrogen functional groups attached to an aromatic ring is 1. The Hall–Kier alpha value is -4.17. The van der Waals surface area contributed by atoms with E-state index >= 15 is 0 Å². The molecule has 1 saturated heterocycles. The van der Waals surface area contributed by atoms with Gasteiger partial charge in [0.25, 0.3) is 5.91 Å². The van der Waals surface area contributed by atoms with Crippen molar-refractivity contribution in [2.45, 2.75) is 19.4 Å². The molecule has 34 heavy (non-hydrogen) atoms. The smallest absolute Gasteiger partial charge is 0.257 e. The molecule has 0 spiro atoms. The van der Waals surface area contributed by atoms with E-state index in [0.29, 0.717) is 16.9 Å². The number of benzene rings is 2. The van der Waals surface area contributed by atoms with Crippen molar-refractivity contribution in [2.24, 2.45) is 0 Å². The van der Waals surface area contributed by atoms with Crippen LogP contribution in [0.15, 0.2) is 61.1 Å². The molecule has 0 unspecified atom stereocenters. The second-order valence-electron chi connectivity index (χ2n) is 8.85. The number of carbonyl (C=O) groups is 1. The maximum atomic E-state index is 13.3. The van der Waals surface area contributed by atoms with Gasteiger partial charge in [0.2, 0.25) is 0 Å². The highest BCUT2D eigenvalue weighted by Crippen LogP contribution is 2.33. The predicted octanol–water partition coefficient (Wildman–Crippen LogP) is 4.54. The average molecular weight is 452 g/mol. The van der Waals surface area contributed by atoms with Crippen molar-refractivity contribution in [3.8, 4) is 11.1 Å². The molecule has 1 aliphatic rings. The Bertz CT molecular complexity index is 1490. The Kier molecular flexibility index (Phi) is 5.00. The third-order valence-electron chi connectivity index (χ3n) is 6.51. The molecule has 1 fully saturated rings. The summed E-state index contributed by atoms with van der Waals surface area (Å²) in [5.74, 6) is 0.258. The summed E-state index contributed by atoms with van der Waals surface area (Å²) in [5, 5.41) is 12.0. The summed E-state index contributed by atoms with van der Waals surface area (Å²) in [6.07, 6.45) is 7.91. The second kappa shape index (κ2) is 8.31. The molecule has 4 heterocycles. The summed E-state index contributed by atoms with van der Waals surface area (Å²) >= 11 is 0. The lowest BCUT2D eigenvalue weighted by molar-refractivity contribution is 0.102. The van der Waals surface area contributed by atoms with E-state index in [9.17, 15) is 4.79 Å². The average Bonchev–Trinajstić information content (AvgIpc) is 3.60. The van der Waals surface area contributed by atoms with Crippen LogP contribution in [0.2, 0.25) is 0 Å². The van der Waals surface area contributed by atoms with Gasteiger partial charge in [0, 0.05) is 34.8 Å². The molecule has 0 aliphatic carbocycles. The zero-order valence-electron chi connectivity index (χ0n) is 18.6. The fourth-order valence-electron chi connectivity index (χ4n) is 4.76. The number of nitrogens with zero attached hydrogens (tertiary/aromatic N) is 3. The Morgan fingerprint density at radius 2 is 1.91 bits per heavy atom. The number of hydrogen-bond acceptors (Lipinski definition) is 5. The van der Waals surface area contributed by atoms with Gasteiger partial charge in [0.15, 0.2) is 0 Å². The predicted molar refractivity (Wildman–Crippen MR) is 134 cm³/mol. The van der Waals surface area contributed by atoms with Gasteiger partial charge in [-0.1, -0.05) is 12.1 Å². The van der Waals surface area contributed by atoms with Crippen LogP contribution >= 0.6 is 0 Å². The SMILES string of the molecule is Nc1cc2c(-c3cc(C(=O)Nc4ccc(CN5CCCC5)cc4)c4[nH]ncc4c3)c[nH]c2cn1. The third-order valence-corrected chi connectivity index (χ3v) is 6.51. The van der Waals surface area contributed by atoms with E-state index in [-0.39, 0.29) is 5.91 Å². The highest BCUT2D eigenvalue weighted by molar-refractivity contribution is 6.13. The normalized spacial score (nSPS) is 14.2. The quantitative estimate of drug-likeness (QED) is 0.313. The van der Waals surface area contributed by atoms with Crippen molar-refractivity contribution >= 4 is 39.2 Å². The summed E-state index contributed by atoms with van der Waals surface area (Å²) in [5.41, 5.74) is 11.9. The number of nitrogens with one attached hydrogen (secondary N) is 3. The Morgan fingerprint density at radius 3 is 2.74 bits per heavy atom. The molecule has 1 amide bonds. The number of carbonyl (C=O) groups excluding carboxylic acids is 1. The van der Waals surface area contributed by atoms with Crippen LogP contribution in [-0.2, 0) is 6.54 Å². The maximum Gasteiger partial charge on any atom is 0.257 e. The monoisotopic (exact) mass is 451 g/mol. The minimum Gasteiger partial charge on any atom is -0.384 e. The van der Waals surface area contributed by atoms with Gasteiger partial charge >= 0.3 is 0 Å². The topological polar surface area (TPSA) is 116 Å². The molecule has 0 bridgehead atoms. The molecule has 0 saturated carbocycles. The molecular weight excluding hydrogens is 426 g/mol. The fourth-order valence-corrected chi connectivity index (χ4v) is 4.76. The Morgan fingerprint density at radius 1 is 1.09 bits per heavy atom. The lowest BCUT2D eigenvalue weighted by atomic mass is 9.99. The van der Waals surface area contributed by atoms with E-state index in [4.69, 9.17) is 5.73 Å². The van der Waals surface area contributed by atoms with Crippen molar-refractivity contribution in [1.29, 1.82) is 0 Å². The number of pyridine rings is 1. The number of anilines is 2. The fraction of sp³-hybridized carbons (Fsp3) is 0.192. The zero-order chi connectivity index (χ0) is 23.1. The molecule has 5 N–H and O–H groups in total. The van der Waals surface area contributed by atoms with Gasteiger partial charge in [0.1, 0.15) is 5.82 Å². The van der Waals surface area contributed by atoms with E-state index in [1.54, 1.807) is 12.4 Å². The van der Waals surface area contributed by atoms with Gasteiger partial charge in [0.05, 0.1) is 29.0 Å². The van der Waals surface area contributed by atoms with E-state index in [1.165, 1.54) is 18.4 Å². The van der Waals surface area contributed by atoms with Crippen molar-refractivity contribution in [3.63, 3.8) is 0 Å². The minimum atomic E-state index is -0.190. The van der Waals surface area contributed by atoms with Crippen LogP contribution < -0.4 is 11.1 Å². The summed E-state index contributed by atoms with van der Waals surface area (Å²) in [7, 11) is 0. The number of nitrogens with two attached hydrogens (primary N) is 1. The molecule has 2 aromatic carbocycles. The van der Waals surface area contributed by atoms with Crippen molar-refractivity contribution in [3.05, 3.63) is 72.2 Å². The third kappa shape index (κ3) is 3.78. The van der Waals surface area contributed by atoms with Crippen LogP contribution in [0, 0.1) is 0 Å².